The van der Waals surface area contributed by atoms with Gasteiger partial charge in [-0.05, 0) is 35.9 Å². The molecule has 0 saturated carbocycles. The molecular weight excluding hydrogens is 320 g/mol. The smallest absolute Gasteiger partial charge is 0.251 e. The average molecular weight is 340 g/mol. The molecule has 0 spiro atoms. The molecule has 2 amide bonds. The van der Waals surface area contributed by atoms with Crippen LogP contribution in [0, 0.1) is 0 Å². The van der Waals surface area contributed by atoms with Gasteiger partial charge in [0.1, 0.15) is 11.5 Å². The predicted octanol–water partition coefficient (Wildman–Crippen LogP) is 2.39. The zero-order valence-corrected chi connectivity index (χ0v) is 14.0. The van der Waals surface area contributed by atoms with E-state index in [1.165, 1.54) is 0 Å². The predicted molar refractivity (Wildman–Crippen MR) is 94.2 cm³/mol. The lowest BCUT2D eigenvalue weighted by Crippen LogP contribution is -2.27. The van der Waals surface area contributed by atoms with Crippen molar-refractivity contribution in [2.75, 3.05) is 25.6 Å². The van der Waals surface area contributed by atoms with Gasteiger partial charge in [-0.1, -0.05) is 12.1 Å². The van der Waals surface area contributed by atoms with Crippen molar-refractivity contribution in [1.29, 1.82) is 0 Å². The minimum atomic E-state index is -0.195. The molecule has 130 valence electrons. The summed E-state index contributed by atoms with van der Waals surface area (Å²) in [6.07, 6.45) is 0.996. The molecule has 2 N–H and O–H groups in total. The summed E-state index contributed by atoms with van der Waals surface area (Å²) in [6.45, 7) is 0.914. The highest BCUT2D eigenvalue weighted by molar-refractivity contribution is 5.96. The van der Waals surface area contributed by atoms with Crippen LogP contribution in [0.15, 0.2) is 42.5 Å². The Bertz CT molecular complexity index is 789. The first kappa shape index (κ1) is 16.8. The molecule has 1 heterocycles. The molecular formula is C19H20N2O4. The molecule has 0 unspecified atom stereocenters. The number of nitrogens with one attached hydrogen (secondary N) is 2. The maximum absolute atomic E-state index is 12.2. The molecule has 0 atom stereocenters. The molecule has 25 heavy (non-hydrogen) atoms. The molecule has 0 fully saturated rings. The molecule has 2 aromatic rings. The lowest BCUT2D eigenvalue weighted by Gasteiger charge is -2.10. The van der Waals surface area contributed by atoms with E-state index in [9.17, 15) is 9.59 Å². The summed E-state index contributed by atoms with van der Waals surface area (Å²) in [7, 11) is 1.55. The Hall–Kier alpha value is -3.02. The number of fused-ring (bicyclic) bond motifs is 1. The summed E-state index contributed by atoms with van der Waals surface area (Å²) in [6, 6.07) is 12.6. The number of ether oxygens (including phenoxy) is 2. The first-order chi connectivity index (χ1) is 12.2. The highest BCUT2D eigenvalue weighted by Crippen LogP contribution is 2.26. The van der Waals surface area contributed by atoms with Gasteiger partial charge < -0.3 is 20.1 Å². The van der Waals surface area contributed by atoms with Crippen LogP contribution in [0.3, 0.4) is 0 Å². The maximum atomic E-state index is 12.2. The van der Waals surface area contributed by atoms with Crippen LogP contribution in [0.1, 0.15) is 22.3 Å². The molecule has 3 rings (SSSR count). The van der Waals surface area contributed by atoms with E-state index in [0.29, 0.717) is 23.6 Å². The van der Waals surface area contributed by atoms with Gasteiger partial charge in [-0.15, -0.1) is 0 Å². The van der Waals surface area contributed by atoms with Gasteiger partial charge in [0.25, 0.3) is 5.91 Å². The van der Waals surface area contributed by atoms with Crippen molar-refractivity contribution in [3.05, 3.63) is 53.6 Å². The summed E-state index contributed by atoms with van der Waals surface area (Å²) in [5, 5.41) is 5.54. The standard InChI is InChI=1S/C19H20N2O4/c1-24-17-5-3-2-4-15(17)21-18(22)8-10-20-19(23)14-6-7-16-13(12-14)9-11-25-16/h2-7,12H,8-11H2,1H3,(H,20,23)(H,21,22). The minimum Gasteiger partial charge on any atom is -0.495 e. The van der Waals surface area contributed by atoms with Crippen LogP contribution >= 0.6 is 0 Å². The van der Waals surface area contributed by atoms with Gasteiger partial charge in [0, 0.05) is 24.9 Å². The number of benzene rings is 2. The van der Waals surface area contributed by atoms with E-state index >= 15 is 0 Å². The summed E-state index contributed by atoms with van der Waals surface area (Å²) < 4.78 is 10.6. The van der Waals surface area contributed by atoms with E-state index in [1.807, 2.05) is 24.3 Å². The average Bonchev–Trinajstić information content (AvgIpc) is 3.09. The number of carbonyl (C=O) groups excluding carboxylic acids is 2. The number of anilines is 1. The summed E-state index contributed by atoms with van der Waals surface area (Å²) in [4.78, 5) is 24.2. The Morgan fingerprint density at radius 1 is 1.20 bits per heavy atom. The minimum absolute atomic E-state index is 0.178. The zero-order valence-electron chi connectivity index (χ0n) is 14.0. The Kier molecular flexibility index (Phi) is 5.18. The van der Waals surface area contributed by atoms with E-state index < -0.39 is 0 Å². The normalized spacial score (nSPS) is 12.0. The number of amides is 2. The SMILES string of the molecule is COc1ccccc1NC(=O)CCNC(=O)c1ccc2c(c1)CCO2. The van der Waals surface area contributed by atoms with Crippen LogP contribution in [-0.2, 0) is 11.2 Å². The second-order valence-electron chi connectivity index (χ2n) is 5.68. The molecule has 0 bridgehead atoms. The summed E-state index contributed by atoms with van der Waals surface area (Å²) >= 11 is 0. The van der Waals surface area contributed by atoms with Crippen LogP contribution in [0.2, 0.25) is 0 Å². The molecule has 0 saturated heterocycles. The molecule has 1 aliphatic heterocycles. The number of carbonyl (C=O) groups is 2. The maximum Gasteiger partial charge on any atom is 0.251 e. The van der Waals surface area contributed by atoms with E-state index in [-0.39, 0.29) is 24.8 Å². The van der Waals surface area contributed by atoms with Crippen molar-refractivity contribution in [2.24, 2.45) is 0 Å². The van der Waals surface area contributed by atoms with Crippen LogP contribution in [0.4, 0.5) is 5.69 Å². The molecule has 2 aromatic carbocycles. The zero-order chi connectivity index (χ0) is 17.6. The van der Waals surface area contributed by atoms with E-state index in [0.717, 1.165) is 17.7 Å². The highest BCUT2D eigenvalue weighted by Gasteiger charge is 2.15. The largest absolute Gasteiger partial charge is 0.495 e. The van der Waals surface area contributed by atoms with Crippen molar-refractivity contribution in [1.82, 2.24) is 5.32 Å². The molecule has 0 radical (unpaired) electrons. The lowest BCUT2D eigenvalue weighted by molar-refractivity contribution is -0.116. The first-order valence-electron chi connectivity index (χ1n) is 8.14. The van der Waals surface area contributed by atoms with Crippen LogP contribution in [-0.4, -0.2) is 32.1 Å². The molecule has 6 nitrogen and oxygen atoms in total. The number of methoxy groups -OCH3 is 1. The van der Waals surface area contributed by atoms with Gasteiger partial charge in [-0.3, -0.25) is 9.59 Å². The van der Waals surface area contributed by atoms with Gasteiger partial charge in [0.15, 0.2) is 0 Å². The van der Waals surface area contributed by atoms with Crippen molar-refractivity contribution < 1.29 is 19.1 Å². The monoisotopic (exact) mass is 340 g/mol. The Morgan fingerprint density at radius 3 is 2.88 bits per heavy atom. The molecule has 1 aliphatic rings. The third kappa shape index (κ3) is 4.09. The fourth-order valence-corrected chi connectivity index (χ4v) is 2.68. The van der Waals surface area contributed by atoms with Crippen molar-refractivity contribution in [3.8, 4) is 11.5 Å². The van der Waals surface area contributed by atoms with Crippen molar-refractivity contribution >= 4 is 17.5 Å². The second-order valence-corrected chi connectivity index (χ2v) is 5.68. The number of para-hydroxylation sites is 2. The first-order valence-corrected chi connectivity index (χ1v) is 8.14. The van der Waals surface area contributed by atoms with Crippen LogP contribution in [0.5, 0.6) is 11.5 Å². The topological polar surface area (TPSA) is 76.7 Å². The Labute approximate surface area is 146 Å². The van der Waals surface area contributed by atoms with Gasteiger partial charge in [0.2, 0.25) is 5.91 Å². The van der Waals surface area contributed by atoms with Gasteiger partial charge >= 0.3 is 0 Å². The van der Waals surface area contributed by atoms with Gasteiger partial charge in [-0.25, -0.2) is 0 Å². The fourth-order valence-electron chi connectivity index (χ4n) is 2.68. The summed E-state index contributed by atoms with van der Waals surface area (Å²) in [5.41, 5.74) is 2.23. The number of hydrogen-bond donors (Lipinski definition) is 2. The molecule has 0 aromatic heterocycles. The lowest BCUT2D eigenvalue weighted by atomic mass is 10.1. The van der Waals surface area contributed by atoms with Crippen LogP contribution < -0.4 is 20.1 Å². The van der Waals surface area contributed by atoms with E-state index in [1.54, 1.807) is 25.3 Å². The third-order valence-electron chi connectivity index (χ3n) is 3.97. The molecule has 6 heteroatoms. The van der Waals surface area contributed by atoms with Gasteiger partial charge in [-0.2, -0.15) is 0 Å². The van der Waals surface area contributed by atoms with Crippen molar-refractivity contribution in [2.45, 2.75) is 12.8 Å². The van der Waals surface area contributed by atoms with Crippen LogP contribution in [0.25, 0.3) is 0 Å². The highest BCUT2D eigenvalue weighted by atomic mass is 16.5. The Balaban J connectivity index is 1.49. The second kappa shape index (κ2) is 7.70. The van der Waals surface area contributed by atoms with Gasteiger partial charge in [0.05, 0.1) is 19.4 Å². The van der Waals surface area contributed by atoms with E-state index in [4.69, 9.17) is 9.47 Å². The number of rotatable bonds is 6. The number of hydrogen-bond acceptors (Lipinski definition) is 4. The van der Waals surface area contributed by atoms with Crippen molar-refractivity contribution in [3.63, 3.8) is 0 Å². The Morgan fingerprint density at radius 2 is 2.04 bits per heavy atom. The molecule has 0 aliphatic carbocycles. The summed E-state index contributed by atoms with van der Waals surface area (Å²) in [5.74, 6) is 1.06. The van der Waals surface area contributed by atoms with E-state index in [2.05, 4.69) is 10.6 Å². The quantitative estimate of drug-likeness (QED) is 0.846. The fraction of sp³-hybridized carbons (Fsp3) is 0.263. The third-order valence-corrected chi connectivity index (χ3v) is 3.97.